The molecule has 6 heteroatoms. The Labute approximate surface area is 112 Å². The first-order valence-electron chi connectivity index (χ1n) is 6.09. The maximum absolute atomic E-state index is 10.7. The van der Waals surface area contributed by atoms with Crippen LogP contribution in [0.2, 0.25) is 0 Å². The van der Waals surface area contributed by atoms with Crippen molar-refractivity contribution in [2.75, 3.05) is 18.0 Å². The monoisotopic (exact) mass is 267 g/mol. The molecular formula is C13H21N3O3. The van der Waals surface area contributed by atoms with E-state index in [0.29, 0.717) is 23.5 Å². The van der Waals surface area contributed by atoms with Gasteiger partial charge in [-0.3, -0.25) is 4.79 Å². The molecule has 0 aliphatic carbocycles. The summed E-state index contributed by atoms with van der Waals surface area (Å²) in [5.74, 6) is -0.172. The van der Waals surface area contributed by atoms with Gasteiger partial charge in [0.05, 0.1) is 17.5 Å². The Morgan fingerprint density at radius 2 is 1.89 bits per heavy atom. The number of nitrogens with one attached hydrogen (secondary N) is 1. The van der Waals surface area contributed by atoms with Gasteiger partial charge in [0.1, 0.15) is 6.10 Å². The van der Waals surface area contributed by atoms with Crippen LogP contribution in [0.5, 0.6) is 0 Å². The predicted octanol–water partition coefficient (Wildman–Crippen LogP) is 0.0799. The van der Waals surface area contributed by atoms with Crippen LogP contribution in [0.25, 0.3) is 0 Å². The zero-order valence-corrected chi connectivity index (χ0v) is 11.2. The highest BCUT2D eigenvalue weighted by molar-refractivity contribution is 5.72. The molecule has 0 fully saturated rings. The Bertz CT molecular complexity index is 463. The van der Waals surface area contributed by atoms with E-state index in [4.69, 9.17) is 11.5 Å². The topological polar surface area (TPSA) is 122 Å². The van der Waals surface area contributed by atoms with Crippen LogP contribution in [0.1, 0.15) is 30.6 Å². The van der Waals surface area contributed by atoms with Crippen molar-refractivity contribution in [2.45, 2.75) is 32.5 Å². The SMILES string of the molecule is CC(=O)NCCC(O)C(O)c1cc(N)c(N)cc1C. The highest BCUT2D eigenvalue weighted by atomic mass is 16.3. The Morgan fingerprint density at radius 3 is 2.47 bits per heavy atom. The number of rotatable bonds is 5. The number of aliphatic hydroxyl groups excluding tert-OH is 2. The molecule has 0 aliphatic rings. The molecule has 2 unspecified atom stereocenters. The molecule has 0 aliphatic heterocycles. The average molecular weight is 267 g/mol. The molecule has 0 saturated carbocycles. The van der Waals surface area contributed by atoms with Gasteiger partial charge in [-0.2, -0.15) is 0 Å². The van der Waals surface area contributed by atoms with Crippen LogP contribution >= 0.6 is 0 Å². The number of anilines is 2. The van der Waals surface area contributed by atoms with E-state index in [9.17, 15) is 15.0 Å². The largest absolute Gasteiger partial charge is 0.397 e. The fraction of sp³-hybridized carbons (Fsp3) is 0.462. The first-order chi connectivity index (χ1) is 8.82. The van der Waals surface area contributed by atoms with Crippen molar-refractivity contribution < 1.29 is 15.0 Å². The summed E-state index contributed by atoms with van der Waals surface area (Å²) in [6, 6.07) is 3.23. The van der Waals surface area contributed by atoms with Crippen LogP contribution in [-0.2, 0) is 4.79 Å². The Hall–Kier alpha value is -1.79. The third kappa shape index (κ3) is 4.11. The molecule has 0 heterocycles. The summed E-state index contributed by atoms with van der Waals surface area (Å²) in [5.41, 5.74) is 13.5. The van der Waals surface area contributed by atoms with Crippen LogP contribution in [0.3, 0.4) is 0 Å². The van der Waals surface area contributed by atoms with Gasteiger partial charge in [0.15, 0.2) is 0 Å². The smallest absolute Gasteiger partial charge is 0.216 e. The lowest BCUT2D eigenvalue weighted by atomic mass is 9.96. The minimum Gasteiger partial charge on any atom is -0.397 e. The van der Waals surface area contributed by atoms with Gasteiger partial charge < -0.3 is 27.0 Å². The maximum Gasteiger partial charge on any atom is 0.216 e. The van der Waals surface area contributed by atoms with Crippen molar-refractivity contribution in [2.24, 2.45) is 0 Å². The Balaban J connectivity index is 2.73. The van der Waals surface area contributed by atoms with Crippen molar-refractivity contribution in [1.82, 2.24) is 5.32 Å². The zero-order valence-electron chi connectivity index (χ0n) is 11.2. The number of benzene rings is 1. The van der Waals surface area contributed by atoms with Gasteiger partial charge >= 0.3 is 0 Å². The molecule has 0 radical (unpaired) electrons. The fourth-order valence-electron chi connectivity index (χ4n) is 1.84. The van der Waals surface area contributed by atoms with Crippen LogP contribution in [0, 0.1) is 6.92 Å². The maximum atomic E-state index is 10.7. The van der Waals surface area contributed by atoms with Gasteiger partial charge in [0, 0.05) is 13.5 Å². The second-order valence-electron chi connectivity index (χ2n) is 4.62. The fourth-order valence-corrected chi connectivity index (χ4v) is 1.84. The number of hydrogen-bond acceptors (Lipinski definition) is 5. The number of amides is 1. The van der Waals surface area contributed by atoms with Crippen molar-refractivity contribution >= 4 is 17.3 Å². The van der Waals surface area contributed by atoms with E-state index in [2.05, 4.69) is 5.32 Å². The van der Waals surface area contributed by atoms with Gasteiger partial charge in [0.25, 0.3) is 0 Å². The molecule has 0 saturated heterocycles. The zero-order chi connectivity index (χ0) is 14.6. The number of nitrogens with two attached hydrogens (primary N) is 2. The highest BCUT2D eigenvalue weighted by Crippen LogP contribution is 2.28. The van der Waals surface area contributed by atoms with Crippen molar-refractivity contribution in [3.05, 3.63) is 23.3 Å². The third-order valence-electron chi connectivity index (χ3n) is 2.97. The quantitative estimate of drug-likeness (QED) is 0.484. The molecule has 19 heavy (non-hydrogen) atoms. The van der Waals surface area contributed by atoms with E-state index < -0.39 is 12.2 Å². The normalized spacial score (nSPS) is 13.9. The molecule has 6 nitrogen and oxygen atoms in total. The van der Waals surface area contributed by atoms with Crippen molar-refractivity contribution in [3.8, 4) is 0 Å². The summed E-state index contributed by atoms with van der Waals surface area (Å²) in [6.45, 7) is 3.49. The molecule has 0 spiro atoms. The Kier molecular flexibility index (Phi) is 5.14. The van der Waals surface area contributed by atoms with E-state index in [1.165, 1.54) is 6.92 Å². The second-order valence-corrected chi connectivity index (χ2v) is 4.62. The van der Waals surface area contributed by atoms with Gasteiger partial charge in [-0.25, -0.2) is 0 Å². The second kappa shape index (κ2) is 6.40. The van der Waals surface area contributed by atoms with Crippen LogP contribution in [0.4, 0.5) is 11.4 Å². The summed E-state index contributed by atoms with van der Waals surface area (Å²) in [7, 11) is 0. The van der Waals surface area contributed by atoms with Crippen LogP contribution in [-0.4, -0.2) is 28.8 Å². The third-order valence-corrected chi connectivity index (χ3v) is 2.97. The van der Waals surface area contributed by atoms with E-state index in [1.807, 2.05) is 0 Å². The average Bonchev–Trinajstić information content (AvgIpc) is 2.32. The summed E-state index contributed by atoms with van der Waals surface area (Å²) in [5, 5.41) is 22.5. The first-order valence-corrected chi connectivity index (χ1v) is 6.09. The first kappa shape index (κ1) is 15.3. The molecule has 7 N–H and O–H groups in total. The van der Waals surface area contributed by atoms with Gasteiger partial charge in [-0.05, 0) is 36.6 Å². The molecule has 1 aromatic rings. The number of carbonyl (C=O) groups excluding carboxylic acids is 1. The molecule has 106 valence electrons. The number of hydrogen-bond donors (Lipinski definition) is 5. The minimum atomic E-state index is -1.06. The van der Waals surface area contributed by atoms with E-state index in [0.717, 1.165) is 5.56 Å². The molecule has 1 aromatic carbocycles. The summed E-state index contributed by atoms with van der Waals surface area (Å²) >= 11 is 0. The number of nitrogen functional groups attached to an aromatic ring is 2. The number of aryl methyl sites for hydroxylation is 1. The summed E-state index contributed by atoms with van der Waals surface area (Å²) in [4.78, 5) is 10.7. The lowest BCUT2D eigenvalue weighted by molar-refractivity contribution is -0.119. The van der Waals surface area contributed by atoms with Crippen molar-refractivity contribution in [1.29, 1.82) is 0 Å². The standard InChI is InChI=1S/C13H21N3O3/c1-7-5-10(14)11(15)6-9(7)13(19)12(18)3-4-16-8(2)17/h5-6,12-13,18-19H,3-4,14-15H2,1-2H3,(H,16,17). The summed E-state index contributed by atoms with van der Waals surface area (Å²) < 4.78 is 0. The van der Waals surface area contributed by atoms with E-state index >= 15 is 0 Å². The molecule has 0 aromatic heterocycles. The number of aliphatic hydroxyl groups is 2. The molecule has 1 amide bonds. The molecule has 2 atom stereocenters. The van der Waals surface area contributed by atoms with Gasteiger partial charge in [0.2, 0.25) is 5.91 Å². The van der Waals surface area contributed by atoms with Crippen LogP contribution < -0.4 is 16.8 Å². The van der Waals surface area contributed by atoms with Gasteiger partial charge in [-0.15, -0.1) is 0 Å². The minimum absolute atomic E-state index is 0.172. The highest BCUT2D eigenvalue weighted by Gasteiger charge is 2.20. The molecule has 1 rings (SSSR count). The lowest BCUT2D eigenvalue weighted by Crippen LogP contribution is -2.28. The number of carbonyl (C=O) groups is 1. The van der Waals surface area contributed by atoms with Crippen molar-refractivity contribution in [3.63, 3.8) is 0 Å². The molecule has 0 bridgehead atoms. The van der Waals surface area contributed by atoms with Gasteiger partial charge in [-0.1, -0.05) is 0 Å². The summed E-state index contributed by atoms with van der Waals surface area (Å²) in [6.07, 6.45) is -1.78. The van der Waals surface area contributed by atoms with E-state index in [1.54, 1.807) is 19.1 Å². The lowest BCUT2D eigenvalue weighted by Gasteiger charge is -2.21. The van der Waals surface area contributed by atoms with E-state index in [-0.39, 0.29) is 12.3 Å². The van der Waals surface area contributed by atoms with Crippen LogP contribution in [0.15, 0.2) is 12.1 Å². The predicted molar refractivity (Wildman–Crippen MR) is 74.3 cm³/mol. The Morgan fingerprint density at radius 1 is 1.32 bits per heavy atom. The molecular weight excluding hydrogens is 246 g/mol.